The van der Waals surface area contributed by atoms with Gasteiger partial charge >= 0.3 is 12.1 Å². The quantitative estimate of drug-likeness (QED) is 0.264. The monoisotopic (exact) mass is 580 g/mol. The Hall–Kier alpha value is -3.49. The van der Waals surface area contributed by atoms with Crippen molar-refractivity contribution in [2.75, 3.05) is 13.2 Å². The summed E-state index contributed by atoms with van der Waals surface area (Å²) in [6.45, 7) is 0.137. The third-order valence-electron chi connectivity index (χ3n) is 6.70. The van der Waals surface area contributed by atoms with Gasteiger partial charge in [-0.3, -0.25) is 4.68 Å². The summed E-state index contributed by atoms with van der Waals surface area (Å²) < 4.78 is 60.3. The number of alkyl halides is 3. The van der Waals surface area contributed by atoms with Crippen LogP contribution in [0.3, 0.4) is 0 Å². The summed E-state index contributed by atoms with van der Waals surface area (Å²) in [6.07, 6.45) is -13.0. The summed E-state index contributed by atoms with van der Waals surface area (Å²) in [5, 5.41) is 44.2. The number of rotatable bonds is 10. The Balaban J connectivity index is 1.72. The van der Waals surface area contributed by atoms with Crippen LogP contribution in [0.2, 0.25) is 0 Å². The van der Waals surface area contributed by atoms with Crippen LogP contribution < -0.4 is 4.74 Å². The van der Waals surface area contributed by atoms with Crippen LogP contribution in [0.1, 0.15) is 34.9 Å². The molecule has 0 amide bonds. The molecule has 4 N–H and O–H groups in total. The van der Waals surface area contributed by atoms with E-state index in [1.807, 2.05) is 19.1 Å². The van der Waals surface area contributed by atoms with Gasteiger partial charge in [0.25, 0.3) is 0 Å². The highest BCUT2D eigenvalue weighted by Crippen LogP contribution is 2.39. The van der Waals surface area contributed by atoms with Crippen molar-refractivity contribution in [3.63, 3.8) is 0 Å². The number of nitrogens with zero attached hydrogens (tertiary/aromatic N) is 2. The zero-order valence-corrected chi connectivity index (χ0v) is 22.1. The summed E-state index contributed by atoms with van der Waals surface area (Å²) in [5.41, 5.74) is 0.711. The number of hydrogen-bond acceptors (Lipinski definition) is 9. The lowest BCUT2D eigenvalue weighted by molar-refractivity contribution is -0.279. The van der Waals surface area contributed by atoms with Crippen molar-refractivity contribution in [2.45, 2.75) is 63.2 Å². The molecule has 1 aliphatic rings. The van der Waals surface area contributed by atoms with E-state index in [4.69, 9.17) is 19.3 Å². The van der Waals surface area contributed by atoms with Gasteiger partial charge < -0.3 is 34.6 Å². The third-order valence-corrected chi connectivity index (χ3v) is 6.70. The number of aliphatic hydroxyl groups is 4. The predicted octanol–water partition coefficient (Wildman–Crippen LogP) is 1.83. The van der Waals surface area contributed by atoms with E-state index in [0.29, 0.717) is 11.1 Å². The molecule has 0 spiro atoms. The summed E-state index contributed by atoms with van der Waals surface area (Å²) in [5.74, 6) is -1.53. The first-order valence-electron chi connectivity index (χ1n) is 12.9. The minimum Gasteiger partial charge on any atom is -0.461 e. The van der Waals surface area contributed by atoms with Gasteiger partial charge in [0.1, 0.15) is 43.3 Å². The Kier molecular flexibility index (Phi) is 9.66. The van der Waals surface area contributed by atoms with Crippen molar-refractivity contribution >= 4 is 5.97 Å². The molecule has 1 aromatic heterocycles. The maximum Gasteiger partial charge on any atom is 0.433 e. The number of aromatic nitrogens is 2. The van der Waals surface area contributed by atoms with E-state index in [0.717, 1.165) is 16.7 Å². The van der Waals surface area contributed by atoms with Gasteiger partial charge in [-0.1, -0.05) is 61.5 Å². The Morgan fingerprint density at radius 3 is 2.24 bits per heavy atom. The molecule has 5 atom stereocenters. The lowest BCUT2D eigenvalue weighted by atomic mass is 9.99. The maximum atomic E-state index is 14.5. The van der Waals surface area contributed by atoms with Crippen molar-refractivity contribution in [3.05, 3.63) is 82.5 Å². The summed E-state index contributed by atoms with van der Waals surface area (Å²) in [6, 6.07) is 15.4. The number of esters is 1. The normalized spacial score (nSPS) is 22.9. The van der Waals surface area contributed by atoms with Crippen LogP contribution in [0.5, 0.6) is 5.88 Å². The molecule has 0 radical (unpaired) electrons. The molecule has 41 heavy (non-hydrogen) atoms. The van der Waals surface area contributed by atoms with Gasteiger partial charge in [-0.15, -0.1) is 5.10 Å². The second-order valence-corrected chi connectivity index (χ2v) is 9.59. The second kappa shape index (κ2) is 13.0. The number of aryl methyl sites for hydroxylation is 1. The average molecular weight is 581 g/mol. The standard InChI is InChI=1S/C28H31F3N2O8/c1-2-16-8-10-17(11-9-16)12-19-25(28(29,30)31)33(13-18-6-4-3-5-7-18)32-26(19)41-27-24(38)23(37)22(36)20(40-27)15-39-21(35)14-34/h3-11,20,22-24,27,34,36-38H,2,12-15H2,1H3/t20-,22-,23+,24-,27+/m1/s1. The zero-order chi connectivity index (χ0) is 29.7. The smallest absolute Gasteiger partial charge is 0.433 e. The van der Waals surface area contributed by atoms with Gasteiger partial charge in [0.05, 0.1) is 12.1 Å². The van der Waals surface area contributed by atoms with Crippen LogP contribution >= 0.6 is 0 Å². The number of aliphatic hydroxyl groups excluding tert-OH is 4. The van der Waals surface area contributed by atoms with E-state index in [1.165, 1.54) is 0 Å². The molecule has 0 bridgehead atoms. The number of ether oxygens (including phenoxy) is 3. The molecule has 13 heteroatoms. The first-order valence-corrected chi connectivity index (χ1v) is 12.9. The third kappa shape index (κ3) is 7.24. The van der Waals surface area contributed by atoms with Crippen molar-refractivity contribution in [2.24, 2.45) is 0 Å². The van der Waals surface area contributed by atoms with Crippen LogP contribution in [0.15, 0.2) is 54.6 Å². The average Bonchev–Trinajstić information content (AvgIpc) is 3.29. The van der Waals surface area contributed by atoms with E-state index in [1.54, 1.807) is 42.5 Å². The van der Waals surface area contributed by atoms with Gasteiger partial charge in [-0.2, -0.15) is 13.2 Å². The molecule has 2 heterocycles. The van der Waals surface area contributed by atoms with Gasteiger partial charge in [0.15, 0.2) is 0 Å². The number of benzene rings is 2. The highest BCUT2D eigenvalue weighted by Gasteiger charge is 2.47. The van der Waals surface area contributed by atoms with E-state index in [2.05, 4.69) is 5.10 Å². The van der Waals surface area contributed by atoms with Crippen molar-refractivity contribution in [1.82, 2.24) is 9.78 Å². The number of carbonyl (C=O) groups is 1. The molecular formula is C28H31F3N2O8. The summed E-state index contributed by atoms with van der Waals surface area (Å²) in [4.78, 5) is 11.4. The summed E-state index contributed by atoms with van der Waals surface area (Å²) >= 11 is 0. The van der Waals surface area contributed by atoms with E-state index >= 15 is 0 Å². The minimum atomic E-state index is -4.84. The Morgan fingerprint density at radius 1 is 0.976 bits per heavy atom. The molecule has 0 aliphatic carbocycles. The fraction of sp³-hybridized carbons (Fsp3) is 0.429. The van der Waals surface area contributed by atoms with Crippen LogP contribution in [-0.2, 0) is 39.8 Å². The fourth-order valence-corrected chi connectivity index (χ4v) is 4.50. The molecule has 3 aromatic rings. The molecule has 222 valence electrons. The lowest BCUT2D eigenvalue weighted by Crippen LogP contribution is -2.60. The SMILES string of the molecule is CCc1ccc(Cc2c(O[C@@H]3O[C@H](COC(=O)CO)[C@@H](O)[C@H](O)[C@H]3O)nn(Cc3ccccc3)c2C(F)(F)F)cc1. The molecule has 1 fully saturated rings. The van der Waals surface area contributed by atoms with Crippen molar-refractivity contribution in [3.8, 4) is 5.88 Å². The number of carbonyl (C=O) groups excluding carboxylic acids is 1. The minimum absolute atomic E-state index is 0.228. The molecule has 2 aromatic carbocycles. The van der Waals surface area contributed by atoms with Crippen molar-refractivity contribution in [1.29, 1.82) is 0 Å². The van der Waals surface area contributed by atoms with E-state index < -0.39 is 67.6 Å². The largest absolute Gasteiger partial charge is 0.461 e. The van der Waals surface area contributed by atoms with Crippen LogP contribution in [0.25, 0.3) is 0 Å². The highest BCUT2D eigenvalue weighted by molar-refractivity contribution is 5.70. The predicted molar refractivity (Wildman–Crippen MR) is 137 cm³/mol. The molecule has 1 aliphatic heterocycles. The fourth-order valence-electron chi connectivity index (χ4n) is 4.50. The molecule has 4 rings (SSSR count). The number of halogens is 3. The molecule has 10 nitrogen and oxygen atoms in total. The lowest BCUT2D eigenvalue weighted by Gasteiger charge is -2.39. The zero-order valence-electron chi connectivity index (χ0n) is 22.1. The van der Waals surface area contributed by atoms with Gasteiger partial charge in [0, 0.05) is 6.42 Å². The van der Waals surface area contributed by atoms with Crippen LogP contribution in [0, 0.1) is 0 Å². The van der Waals surface area contributed by atoms with Crippen LogP contribution in [-0.4, -0.2) is 80.1 Å². The van der Waals surface area contributed by atoms with Gasteiger partial charge in [0.2, 0.25) is 12.2 Å². The Bertz CT molecular complexity index is 1300. The molecule has 0 unspecified atom stereocenters. The first-order chi connectivity index (χ1) is 19.5. The summed E-state index contributed by atoms with van der Waals surface area (Å²) in [7, 11) is 0. The van der Waals surface area contributed by atoms with Crippen molar-refractivity contribution < 1.29 is 52.6 Å². The molecular weight excluding hydrogens is 549 g/mol. The van der Waals surface area contributed by atoms with E-state index in [-0.39, 0.29) is 18.5 Å². The topological polar surface area (TPSA) is 144 Å². The molecule has 1 saturated heterocycles. The highest BCUT2D eigenvalue weighted by atomic mass is 19.4. The van der Waals surface area contributed by atoms with E-state index in [9.17, 15) is 33.3 Å². The Labute approximate surface area is 233 Å². The van der Waals surface area contributed by atoms with Gasteiger partial charge in [-0.05, 0) is 23.1 Å². The Morgan fingerprint density at radius 2 is 1.63 bits per heavy atom. The second-order valence-electron chi connectivity index (χ2n) is 9.59. The molecule has 0 saturated carbocycles. The van der Waals surface area contributed by atoms with Gasteiger partial charge in [-0.25, -0.2) is 4.79 Å². The van der Waals surface area contributed by atoms with Crippen LogP contribution in [0.4, 0.5) is 13.2 Å². The first kappa shape index (κ1) is 30.5. The number of hydrogen-bond donors (Lipinski definition) is 4. The maximum absolute atomic E-state index is 14.5.